The third kappa shape index (κ3) is 2.38. The maximum Gasteiger partial charge on any atom is 0.207 e. The number of hydrogen-bond donors (Lipinski definition) is 1. The molecule has 1 aromatic heterocycles. The number of nitrogens with zero attached hydrogens (tertiary/aromatic N) is 2. The zero-order valence-electron chi connectivity index (χ0n) is 10.3. The maximum atomic E-state index is 4.32. The Morgan fingerprint density at radius 1 is 1.35 bits per heavy atom. The Morgan fingerprint density at radius 3 is 2.71 bits per heavy atom. The summed E-state index contributed by atoms with van der Waals surface area (Å²) in [7, 11) is 0. The van der Waals surface area contributed by atoms with Crippen molar-refractivity contribution >= 4 is 11.6 Å². The SMILES string of the molecule is C=CCn1ccnc1Nc1c(C)cccc1C. The number of nitrogens with one attached hydrogen (secondary N) is 1. The molecule has 0 spiro atoms. The maximum absolute atomic E-state index is 4.32. The quantitative estimate of drug-likeness (QED) is 0.811. The van der Waals surface area contributed by atoms with E-state index in [9.17, 15) is 0 Å². The van der Waals surface area contributed by atoms with Crippen molar-refractivity contribution in [3.63, 3.8) is 0 Å². The van der Waals surface area contributed by atoms with Crippen LogP contribution in [0.1, 0.15) is 11.1 Å². The molecule has 0 unspecified atom stereocenters. The van der Waals surface area contributed by atoms with Crippen LogP contribution in [0.2, 0.25) is 0 Å². The molecule has 2 aromatic rings. The minimum Gasteiger partial charge on any atom is -0.325 e. The Hall–Kier alpha value is -2.03. The fourth-order valence-corrected chi connectivity index (χ4v) is 1.84. The van der Waals surface area contributed by atoms with Gasteiger partial charge in [-0.3, -0.25) is 0 Å². The van der Waals surface area contributed by atoms with E-state index < -0.39 is 0 Å². The summed E-state index contributed by atoms with van der Waals surface area (Å²) < 4.78 is 2.03. The van der Waals surface area contributed by atoms with Crippen molar-refractivity contribution in [2.45, 2.75) is 20.4 Å². The van der Waals surface area contributed by atoms with Crippen LogP contribution < -0.4 is 5.32 Å². The van der Waals surface area contributed by atoms with Crippen LogP contribution in [0.25, 0.3) is 0 Å². The Balaban J connectivity index is 2.31. The highest BCUT2D eigenvalue weighted by atomic mass is 15.2. The van der Waals surface area contributed by atoms with Crippen molar-refractivity contribution in [3.05, 3.63) is 54.4 Å². The first-order valence-corrected chi connectivity index (χ1v) is 5.67. The largest absolute Gasteiger partial charge is 0.325 e. The molecule has 0 radical (unpaired) electrons. The van der Waals surface area contributed by atoms with E-state index >= 15 is 0 Å². The molecule has 3 nitrogen and oxygen atoms in total. The number of imidazole rings is 1. The van der Waals surface area contributed by atoms with Crippen molar-refractivity contribution in [1.82, 2.24) is 9.55 Å². The summed E-state index contributed by atoms with van der Waals surface area (Å²) in [6, 6.07) is 6.25. The summed E-state index contributed by atoms with van der Waals surface area (Å²) >= 11 is 0. The van der Waals surface area contributed by atoms with Crippen molar-refractivity contribution < 1.29 is 0 Å². The molecular formula is C14H17N3. The first kappa shape index (κ1) is 11.5. The minimum absolute atomic E-state index is 0.757. The number of hydrogen-bond acceptors (Lipinski definition) is 2. The summed E-state index contributed by atoms with van der Waals surface area (Å²) in [5.41, 5.74) is 3.57. The molecule has 1 heterocycles. The van der Waals surface area contributed by atoms with Crippen molar-refractivity contribution in [2.24, 2.45) is 0 Å². The molecule has 0 amide bonds. The van der Waals surface area contributed by atoms with E-state index in [1.807, 2.05) is 16.8 Å². The Morgan fingerprint density at radius 2 is 2.06 bits per heavy atom. The van der Waals surface area contributed by atoms with Crippen molar-refractivity contribution in [1.29, 1.82) is 0 Å². The van der Waals surface area contributed by atoms with Crippen LogP contribution in [0.5, 0.6) is 0 Å². The molecule has 0 aliphatic rings. The van der Waals surface area contributed by atoms with Gasteiger partial charge in [-0.05, 0) is 25.0 Å². The molecule has 0 saturated carbocycles. The number of rotatable bonds is 4. The van der Waals surface area contributed by atoms with Gasteiger partial charge in [0.2, 0.25) is 5.95 Å². The summed E-state index contributed by atoms with van der Waals surface area (Å²) in [4.78, 5) is 4.32. The molecule has 0 fully saturated rings. The summed E-state index contributed by atoms with van der Waals surface area (Å²) in [6.45, 7) is 8.69. The van der Waals surface area contributed by atoms with Crippen molar-refractivity contribution in [2.75, 3.05) is 5.32 Å². The second-order valence-electron chi connectivity index (χ2n) is 4.08. The highest BCUT2D eigenvalue weighted by Crippen LogP contribution is 2.23. The third-order valence-corrected chi connectivity index (χ3v) is 2.76. The van der Waals surface area contributed by atoms with Gasteiger partial charge in [0.05, 0.1) is 0 Å². The van der Waals surface area contributed by atoms with E-state index in [1.165, 1.54) is 11.1 Å². The average molecular weight is 227 g/mol. The lowest BCUT2D eigenvalue weighted by Crippen LogP contribution is -2.04. The fraction of sp³-hybridized carbons (Fsp3) is 0.214. The molecule has 0 atom stereocenters. The summed E-state index contributed by atoms with van der Waals surface area (Å²) in [5.74, 6) is 0.849. The first-order valence-electron chi connectivity index (χ1n) is 5.67. The third-order valence-electron chi connectivity index (χ3n) is 2.76. The van der Waals surface area contributed by atoms with Gasteiger partial charge in [0.15, 0.2) is 0 Å². The lowest BCUT2D eigenvalue weighted by Gasteiger charge is -2.12. The van der Waals surface area contributed by atoms with Crippen LogP contribution in [0.3, 0.4) is 0 Å². The molecule has 1 N–H and O–H groups in total. The number of aromatic nitrogens is 2. The van der Waals surface area contributed by atoms with Gasteiger partial charge in [0, 0.05) is 24.6 Å². The lowest BCUT2D eigenvalue weighted by atomic mass is 10.1. The van der Waals surface area contributed by atoms with Gasteiger partial charge in [-0.25, -0.2) is 4.98 Å². The molecule has 88 valence electrons. The van der Waals surface area contributed by atoms with Crippen LogP contribution >= 0.6 is 0 Å². The van der Waals surface area contributed by atoms with Crippen molar-refractivity contribution in [3.8, 4) is 0 Å². The standard InChI is InChI=1S/C14H17N3/c1-4-9-17-10-8-15-14(17)16-13-11(2)6-5-7-12(13)3/h4-8,10H,1,9H2,2-3H3,(H,15,16). The molecule has 0 aliphatic heterocycles. The summed E-state index contributed by atoms with van der Waals surface area (Å²) in [6.07, 6.45) is 5.59. The molecule has 1 aromatic carbocycles. The minimum atomic E-state index is 0.757. The Bertz CT molecular complexity index is 506. The Kier molecular flexibility index (Phi) is 3.28. The molecule has 0 saturated heterocycles. The number of para-hydroxylation sites is 1. The lowest BCUT2D eigenvalue weighted by molar-refractivity contribution is 0.832. The van der Waals surface area contributed by atoms with Crippen LogP contribution in [0.15, 0.2) is 43.2 Å². The topological polar surface area (TPSA) is 29.9 Å². The van der Waals surface area contributed by atoms with Gasteiger partial charge < -0.3 is 9.88 Å². The van der Waals surface area contributed by atoms with Gasteiger partial charge in [-0.2, -0.15) is 0 Å². The number of anilines is 2. The van der Waals surface area contributed by atoms with Crippen LogP contribution in [-0.2, 0) is 6.54 Å². The Labute approximate surface area is 102 Å². The van der Waals surface area contributed by atoms with E-state index in [1.54, 1.807) is 6.20 Å². The average Bonchev–Trinajstić information content (AvgIpc) is 2.72. The molecular weight excluding hydrogens is 210 g/mol. The fourth-order valence-electron chi connectivity index (χ4n) is 1.84. The first-order chi connectivity index (χ1) is 8.22. The van der Waals surface area contributed by atoms with Crippen LogP contribution in [-0.4, -0.2) is 9.55 Å². The number of benzene rings is 1. The van der Waals surface area contributed by atoms with E-state index in [4.69, 9.17) is 0 Å². The van der Waals surface area contributed by atoms with Gasteiger partial charge in [0.25, 0.3) is 0 Å². The van der Waals surface area contributed by atoms with E-state index in [0.29, 0.717) is 0 Å². The van der Waals surface area contributed by atoms with Gasteiger partial charge in [-0.1, -0.05) is 24.3 Å². The zero-order valence-corrected chi connectivity index (χ0v) is 10.3. The second kappa shape index (κ2) is 4.87. The molecule has 0 bridgehead atoms. The van der Waals surface area contributed by atoms with E-state index in [2.05, 4.69) is 48.9 Å². The molecule has 3 heteroatoms. The summed E-state index contributed by atoms with van der Waals surface area (Å²) in [5, 5.41) is 3.38. The monoisotopic (exact) mass is 227 g/mol. The number of allylic oxidation sites excluding steroid dienone is 1. The normalized spacial score (nSPS) is 10.2. The van der Waals surface area contributed by atoms with Gasteiger partial charge in [-0.15, -0.1) is 6.58 Å². The molecule has 0 aliphatic carbocycles. The predicted octanol–water partition coefficient (Wildman–Crippen LogP) is 3.43. The number of aryl methyl sites for hydroxylation is 2. The highest BCUT2D eigenvalue weighted by Gasteiger charge is 2.06. The van der Waals surface area contributed by atoms with Crippen LogP contribution in [0, 0.1) is 13.8 Å². The smallest absolute Gasteiger partial charge is 0.207 e. The van der Waals surface area contributed by atoms with Crippen LogP contribution in [0.4, 0.5) is 11.6 Å². The van der Waals surface area contributed by atoms with Gasteiger partial charge >= 0.3 is 0 Å². The highest BCUT2D eigenvalue weighted by molar-refractivity contribution is 5.62. The second-order valence-corrected chi connectivity index (χ2v) is 4.08. The molecule has 2 rings (SSSR count). The van der Waals surface area contributed by atoms with Gasteiger partial charge in [0.1, 0.15) is 0 Å². The molecule has 17 heavy (non-hydrogen) atoms. The van der Waals surface area contributed by atoms with E-state index in [0.717, 1.165) is 18.2 Å². The van der Waals surface area contributed by atoms with E-state index in [-0.39, 0.29) is 0 Å². The zero-order chi connectivity index (χ0) is 12.3. The predicted molar refractivity (Wildman–Crippen MR) is 71.6 cm³/mol.